The third-order valence-electron chi connectivity index (χ3n) is 3.35. The molecule has 0 aliphatic carbocycles. The zero-order valence-corrected chi connectivity index (χ0v) is 13.7. The van der Waals surface area contributed by atoms with Gasteiger partial charge < -0.3 is 15.4 Å². The summed E-state index contributed by atoms with van der Waals surface area (Å²) in [5, 5.41) is 7.05. The van der Waals surface area contributed by atoms with E-state index in [0.29, 0.717) is 5.11 Å². The van der Waals surface area contributed by atoms with Gasteiger partial charge in [0, 0.05) is 18.3 Å². The number of methoxy groups -OCH3 is 1. The molecular weight excluding hydrogens is 292 g/mol. The van der Waals surface area contributed by atoms with Crippen LogP contribution in [0.2, 0.25) is 0 Å². The lowest BCUT2D eigenvalue weighted by Gasteiger charge is -2.11. The van der Waals surface area contributed by atoms with Gasteiger partial charge in [-0.3, -0.25) is 0 Å². The Bertz CT molecular complexity index is 587. The van der Waals surface area contributed by atoms with Crippen LogP contribution in [-0.2, 0) is 6.42 Å². The Balaban J connectivity index is 1.63. The zero-order chi connectivity index (χ0) is 15.6. The molecule has 2 aromatic carbocycles. The molecule has 0 unspecified atom stereocenters. The van der Waals surface area contributed by atoms with Gasteiger partial charge in [-0.2, -0.15) is 0 Å². The van der Waals surface area contributed by atoms with Gasteiger partial charge in [-0.1, -0.05) is 36.4 Å². The molecule has 0 amide bonds. The summed E-state index contributed by atoms with van der Waals surface area (Å²) in [4.78, 5) is 0. The van der Waals surface area contributed by atoms with Crippen molar-refractivity contribution in [1.29, 1.82) is 0 Å². The molecule has 2 N–H and O–H groups in total. The van der Waals surface area contributed by atoms with E-state index in [4.69, 9.17) is 17.0 Å². The van der Waals surface area contributed by atoms with E-state index in [-0.39, 0.29) is 0 Å². The Morgan fingerprint density at radius 1 is 1.05 bits per heavy atom. The first kappa shape index (κ1) is 16.3. The summed E-state index contributed by atoms with van der Waals surface area (Å²) < 4.78 is 5.19. The number of aryl methyl sites for hydroxylation is 1. The number of hydrogen-bond donors (Lipinski definition) is 2. The molecule has 22 heavy (non-hydrogen) atoms. The Morgan fingerprint density at radius 3 is 2.64 bits per heavy atom. The van der Waals surface area contributed by atoms with Crippen molar-refractivity contribution in [3.63, 3.8) is 0 Å². The maximum absolute atomic E-state index is 5.30. The molecule has 2 aromatic rings. The Morgan fingerprint density at radius 2 is 1.86 bits per heavy atom. The fraction of sp³-hybridized carbons (Fsp3) is 0.278. The number of nitrogens with one attached hydrogen (secondary N) is 2. The Hall–Kier alpha value is -2.07. The molecule has 2 rings (SSSR count). The fourth-order valence-electron chi connectivity index (χ4n) is 2.18. The van der Waals surface area contributed by atoms with E-state index < -0.39 is 0 Å². The molecule has 0 aliphatic heterocycles. The second-order valence-electron chi connectivity index (χ2n) is 5.06. The SMILES string of the molecule is COc1cccc(NC(=S)NCCCCc2ccccc2)c1. The minimum atomic E-state index is 0.646. The molecule has 0 aromatic heterocycles. The van der Waals surface area contributed by atoms with E-state index in [9.17, 15) is 0 Å². The Kier molecular flexibility index (Phi) is 6.71. The first-order valence-electron chi connectivity index (χ1n) is 7.51. The van der Waals surface area contributed by atoms with Crippen molar-refractivity contribution in [3.05, 3.63) is 60.2 Å². The molecule has 3 nitrogen and oxygen atoms in total. The number of rotatable bonds is 7. The molecule has 0 aliphatic rings. The molecule has 0 saturated carbocycles. The standard InChI is InChI=1S/C18H22N2OS/c1-21-17-12-7-11-16(14-17)20-18(22)19-13-6-5-10-15-8-3-2-4-9-15/h2-4,7-9,11-12,14H,5-6,10,13H2,1H3,(H2,19,20,22). The number of unbranched alkanes of at least 4 members (excludes halogenated alkanes) is 1. The second kappa shape index (κ2) is 9.05. The molecule has 0 atom stereocenters. The molecule has 0 heterocycles. The average molecular weight is 314 g/mol. The van der Waals surface area contributed by atoms with Crippen LogP contribution in [0.5, 0.6) is 5.75 Å². The molecule has 116 valence electrons. The van der Waals surface area contributed by atoms with Crippen LogP contribution < -0.4 is 15.4 Å². The lowest BCUT2D eigenvalue weighted by molar-refractivity contribution is 0.415. The van der Waals surface area contributed by atoms with E-state index >= 15 is 0 Å². The molecular formula is C18H22N2OS. The Labute approximate surface area is 137 Å². The van der Waals surface area contributed by atoms with Crippen molar-refractivity contribution in [3.8, 4) is 5.75 Å². The van der Waals surface area contributed by atoms with E-state index in [2.05, 4.69) is 34.9 Å². The molecule has 0 radical (unpaired) electrons. The summed E-state index contributed by atoms with van der Waals surface area (Å²) in [6.07, 6.45) is 3.35. The molecule has 0 fully saturated rings. The van der Waals surface area contributed by atoms with Crippen molar-refractivity contribution < 1.29 is 4.74 Å². The maximum atomic E-state index is 5.30. The highest BCUT2D eigenvalue weighted by molar-refractivity contribution is 7.80. The predicted molar refractivity (Wildman–Crippen MR) is 96.6 cm³/mol. The van der Waals surface area contributed by atoms with Crippen LogP contribution in [-0.4, -0.2) is 18.8 Å². The van der Waals surface area contributed by atoms with Gasteiger partial charge in [0.05, 0.1) is 7.11 Å². The number of benzene rings is 2. The monoisotopic (exact) mass is 314 g/mol. The highest BCUT2D eigenvalue weighted by atomic mass is 32.1. The smallest absolute Gasteiger partial charge is 0.170 e. The number of hydrogen-bond acceptors (Lipinski definition) is 2. The fourth-order valence-corrected chi connectivity index (χ4v) is 2.40. The van der Waals surface area contributed by atoms with Crippen LogP contribution in [0.25, 0.3) is 0 Å². The summed E-state index contributed by atoms with van der Waals surface area (Å²) in [6, 6.07) is 18.3. The summed E-state index contributed by atoms with van der Waals surface area (Å²) in [5.41, 5.74) is 2.32. The minimum absolute atomic E-state index is 0.646. The van der Waals surface area contributed by atoms with E-state index in [1.165, 1.54) is 5.56 Å². The number of ether oxygens (including phenoxy) is 1. The van der Waals surface area contributed by atoms with Crippen molar-refractivity contribution in [2.24, 2.45) is 0 Å². The van der Waals surface area contributed by atoms with Crippen molar-refractivity contribution in [2.45, 2.75) is 19.3 Å². The zero-order valence-electron chi connectivity index (χ0n) is 12.8. The molecule has 0 saturated heterocycles. The van der Waals surface area contributed by atoms with Crippen LogP contribution in [0.1, 0.15) is 18.4 Å². The summed E-state index contributed by atoms with van der Waals surface area (Å²) in [6.45, 7) is 0.878. The molecule has 4 heteroatoms. The topological polar surface area (TPSA) is 33.3 Å². The van der Waals surface area contributed by atoms with Crippen LogP contribution in [0.15, 0.2) is 54.6 Å². The number of anilines is 1. The van der Waals surface area contributed by atoms with Gasteiger partial charge in [0.15, 0.2) is 5.11 Å². The van der Waals surface area contributed by atoms with Gasteiger partial charge in [0.25, 0.3) is 0 Å². The third-order valence-corrected chi connectivity index (χ3v) is 3.59. The van der Waals surface area contributed by atoms with Crippen molar-refractivity contribution in [2.75, 3.05) is 19.0 Å². The largest absolute Gasteiger partial charge is 0.497 e. The lowest BCUT2D eigenvalue weighted by atomic mass is 10.1. The van der Waals surface area contributed by atoms with Crippen molar-refractivity contribution in [1.82, 2.24) is 5.32 Å². The van der Waals surface area contributed by atoms with Gasteiger partial charge >= 0.3 is 0 Å². The highest BCUT2D eigenvalue weighted by Gasteiger charge is 1.99. The van der Waals surface area contributed by atoms with Crippen LogP contribution in [0.3, 0.4) is 0 Å². The summed E-state index contributed by atoms with van der Waals surface area (Å²) in [5.74, 6) is 0.815. The first-order chi connectivity index (χ1) is 10.8. The van der Waals surface area contributed by atoms with Gasteiger partial charge in [0.2, 0.25) is 0 Å². The van der Waals surface area contributed by atoms with Crippen LogP contribution in [0.4, 0.5) is 5.69 Å². The van der Waals surface area contributed by atoms with E-state index in [0.717, 1.165) is 37.2 Å². The quantitative estimate of drug-likeness (QED) is 0.598. The lowest BCUT2D eigenvalue weighted by Crippen LogP contribution is -2.29. The van der Waals surface area contributed by atoms with Crippen LogP contribution >= 0.6 is 12.2 Å². The minimum Gasteiger partial charge on any atom is -0.497 e. The summed E-state index contributed by atoms with van der Waals surface area (Å²) >= 11 is 5.30. The third kappa shape index (κ3) is 5.74. The average Bonchev–Trinajstić information content (AvgIpc) is 2.55. The highest BCUT2D eigenvalue weighted by Crippen LogP contribution is 2.16. The maximum Gasteiger partial charge on any atom is 0.170 e. The van der Waals surface area contributed by atoms with E-state index in [1.54, 1.807) is 7.11 Å². The van der Waals surface area contributed by atoms with Gasteiger partial charge in [-0.25, -0.2) is 0 Å². The normalized spacial score (nSPS) is 10.0. The van der Waals surface area contributed by atoms with Crippen molar-refractivity contribution >= 4 is 23.0 Å². The van der Waals surface area contributed by atoms with Gasteiger partial charge in [0.1, 0.15) is 5.75 Å². The van der Waals surface area contributed by atoms with Gasteiger partial charge in [-0.15, -0.1) is 0 Å². The van der Waals surface area contributed by atoms with Crippen LogP contribution in [0, 0.1) is 0 Å². The number of thiocarbonyl (C=S) groups is 1. The van der Waals surface area contributed by atoms with E-state index in [1.807, 2.05) is 30.3 Å². The second-order valence-corrected chi connectivity index (χ2v) is 5.46. The predicted octanol–water partition coefficient (Wildman–Crippen LogP) is 4.00. The molecule has 0 spiro atoms. The summed E-state index contributed by atoms with van der Waals surface area (Å²) in [7, 11) is 1.66. The van der Waals surface area contributed by atoms with Gasteiger partial charge in [-0.05, 0) is 49.2 Å². The molecule has 0 bridgehead atoms. The first-order valence-corrected chi connectivity index (χ1v) is 7.91.